The van der Waals surface area contributed by atoms with Crippen LogP contribution in [0.3, 0.4) is 0 Å². The number of hydrogen-bond donors (Lipinski definition) is 0. The first kappa shape index (κ1) is 19.4. The number of anilines is 1. The lowest BCUT2D eigenvalue weighted by atomic mass is 10.1. The van der Waals surface area contributed by atoms with Crippen LogP contribution in [0.15, 0.2) is 36.4 Å². The predicted molar refractivity (Wildman–Crippen MR) is 108 cm³/mol. The molecular formula is C21H25ClN2O3. The molecule has 2 aromatic carbocycles. The molecule has 0 spiro atoms. The number of halogens is 1. The van der Waals surface area contributed by atoms with Crippen molar-refractivity contribution >= 4 is 23.2 Å². The fourth-order valence-corrected chi connectivity index (χ4v) is 3.44. The zero-order valence-corrected chi connectivity index (χ0v) is 16.8. The Labute approximate surface area is 165 Å². The second-order valence-corrected chi connectivity index (χ2v) is 7.07. The van der Waals surface area contributed by atoms with E-state index in [1.165, 1.54) is 0 Å². The number of ether oxygens (including phenoxy) is 2. The van der Waals surface area contributed by atoms with E-state index in [-0.39, 0.29) is 5.91 Å². The van der Waals surface area contributed by atoms with Crippen molar-refractivity contribution in [3.05, 3.63) is 52.5 Å². The lowest BCUT2D eigenvalue weighted by Gasteiger charge is -2.37. The molecular weight excluding hydrogens is 364 g/mol. The maximum absolute atomic E-state index is 12.6. The van der Waals surface area contributed by atoms with Crippen molar-refractivity contribution in [2.75, 3.05) is 45.3 Å². The summed E-state index contributed by atoms with van der Waals surface area (Å²) in [5.74, 6) is 1.72. The Bertz CT molecular complexity index is 800. The lowest BCUT2D eigenvalue weighted by molar-refractivity contribution is -0.130. The number of carbonyl (C=O) groups is 1. The molecule has 1 saturated heterocycles. The third-order valence-electron chi connectivity index (χ3n) is 4.95. The maximum Gasteiger partial charge on any atom is 0.227 e. The van der Waals surface area contributed by atoms with Gasteiger partial charge in [-0.3, -0.25) is 4.79 Å². The fourth-order valence-electron chi connectivity index (χ4n) is 3.29. The van der Waals surface area contributed by atoms with Crippen LogP contribution in [0.4, 0.5) is 5.69 Å². The molecule has 0 saturated carbocycles. The Morgan fingerprint density at radius 3 is 2.30 bits per heavy atom. The standard InChI is InChI=1S/C21H25ClN2O3/c1-15-12-19(20(27-3)14-18(15)22)23-8-10-24(11-9-23)21(25)13-16-4-6-17(26-2)7-5-16/h4-7,12,14H,8-11,13H2,1-3H3. The summed E-state index contributed by atoms with van der Waals surface area (Å²) in [6.45, 7) is 4.91. The largest absolute Gasteiger partial charge is 0.497 e. The fraction of sp³-hybridized carbons (Fsp3) is 0.381. The van der Waals surface area contributed by atoms with E-state index in [9.17, 15) is 4.79 Å². The van der Waals surface area contributed by atoms with Gasteiger partial charge in [0.25, 0.3) is 0 Å². The molecule has 0 bridgehead atoms. The molecule has 2 aromatic rings. The van der Waals surface area contributed by atoms with Crippen LogP contribution in [0.1, 0.15) is 11.1 Å². The summed E-state index contributed by atoms with van der Waals surface area (Å²) >= 11 is 6.21. The highest BCUT2D eigenvalue weighted by molar-refractivity contribution is 6.31. The van der Waals surface area contributed by atoms with Crippen LogP contribution in [0.25, 0.3) is 0 Å². The number of carbonyl (C=O) groups excluding carboxylic acids is 1. The van der Waals surface area contributed by atoms with Crippen LogP contribution in [-0.4, -0.2) is 51.2 Å². The number of piperazine rings is 1. The smallest absolute Gasteiger partial charge is 0.227 e. The molecule has 5 nitrogen and oxygen atoms in total. The molecule has 27 heavy (non-hydrogen) atoms. The van der Waals surface area contributed by atoms with Gasteiger partial charge in [-0.15, -0.1) is 0 Å². The van der Waals surface area contributed by atoms with E-state index in [1.54, 1.807) is 14.2 Å². The van der Waals surface area contributed by atoms with Gasteiger partial charge in [0.05, 0.1) is 26.3 Å². The Kier molecular flexibility index (Phi) is 6.11. The molecule has 144 valence electrons. The van der Waals surface area contributed by atoms with Gasteiger partial charge < -0.3 is 19.3 Å². The monoisotopic (exact) mass is 388 g/mol. The maximum atomic E-state index is 12.6. The highest BCUT2D eigenvalue weighted by atomic mass is 35.5. The zero-order chi connectivity index (χ0) is 19.4. The highest BCUT2D eigenvalue weighted by Gasteiger charge is 2.23. The second-order valence-electron chi connectivity index (χ2n) is 6.67. The normalized spacial score (nSPS) is 14.2. The van der Waals surface area contributed by atoms with Gasteiger partial charge in [-0.2, -0.15) is 0 Å². The summed E-state index contributed by atoms with van der Waals surface area (Å²) in [6, 6.07) is 11.6. The SMILES string of the molecule is COc1ccc(CC(=O)N2CCN(c3cc(C)c(Cl)cc3OC)CC2)cc1. The molecule has 0 unspecified atom stereocenters. The van der Waals surface area contributed by atoms with Crippen molar-refractivity contribution in [1.82, 2.24) is 4.90 Å². The summed E-state index contributed by atoms with van der Waals surface area (Å²) in [6.07, 6.45) is 0.410. The predicted octanol–water partition coefficient (Wildman–Crippen LogP) is 3.56. The van der Waals surface area contributed by atoms with Gasteiger partial charge in [-0.05, 0) is 36.2 Å². The molecule has 1 heterocycles. The number of rotatable bonds is 5. The number of hydrogen-bond acceptors (Lipinski definition) is 4. The summed E-state index contributed by atoms with van der Waals surface area (Å²) in [5.41, 5.74) is 3.05. The molecule has 0 N–H and O–H groups in total. The Morgan fingerprint density at radius 2 is 1.70 bits per heavy atom. The van der Waals surface area contributed by atoms with Crippen LogP contribution in [0.5, 0.6) is 11.5 Å². The van der Waals surface area contributed by atoms with Crippen LogP contribution in [0, 0.1) is 6.92 Å². The van der Waals surface area contributed by atoms with Crippen molar-refractivity contribution in [1.29, 1.82) is 0 Å². The van der Waals surface area contributed by atoms with Crippen LogP contribution < -0.4 is 14.4 Å². The van der Waals surface area contributed by atoms with E-state index in [4.69, 9.17) is 21.1 Å². The third-order valence-corrected chi connectivity index (χ3v) is 5.35. The Balaban J connectivity index is 1.61. The topological polar surface area (TPSA) is 42.0 Å². The molecule has 6 heteroatoms. The number of benzene rings is 2. The molecule has 1 aliphatic heterocycles. The Hall–Kier alpha value is -2.40. The van der Waals surface area contributed by atoms with Crippen molar-refractivity contribution in [2.45, 2.75) is 13.3 Å². The molecule has 0 aromatic heterocycles. The molecule has 0 radical (unpaired) electrons. The highest BCUT2D eigenvalue weighted by Crippen LogP contribution is 2.34. The quantitative estimate of drug-likeness (QED) is 0.785. The van der Waals surface area contributed by atoms with Crippen LogP contribution >= 0.6 is 11.6 Å². The van der Waals surface area contributed by atoms with E-state index < -0.39 is 0 Å². The molecule has 1 amide bonds. The average molecular weight is 389 g/mol. The minimum Gasteiger partial charge on any atom is -0.497 e. The van der Waals surface area contributed by atoms with E-state index >= 15 is 0 Å². The number of nitrogens with zero attached hydrogens (tertiary/aromatic N) is 2. The van der Waals surface area contributed by atoms with Gasteiger partial charge in [0.1, 0.15) is 11.5 Å². The third kappa shape index (κ3) is 4.48. The zero-order valence-electron chi connectivity index (χ0n) is 16.0. The van der Waals surface area contributed by atoms with Crippen LogP contribution in [-0.2, 0) is 11.2 Å². The molecule has 1 fully saturated rings. The Morgan fingerprint density at radius 1 is 1.04 bits per heavy atom. The van der Waals surface area contributed by atoms with E-state index in [0.29, 0.717) is 24.5 Å². The number of methoxy groups -OCH3 is 2. The van der Waals surface area contributed by atoms with Gasteiger partial charge in [0, 0.05) is 37.3 Å². The van der Waals surface area contributed by atoms with E-state index in [0.717, 1.165) is 41.4 Å². The minimum absolute atomic E-state index is 0.152. The van der Waals surface area contributed by atoms with Crippen molar-refractivity contribution in [3.63, 3.8) is 0 Å². The lowest BCUT2D eigenvalue weighted by Crippen LogP contribution is -2.49. The second kappa shape index (κ2) is 8.53. The first-order chi connectivity index (χ1) is 13.0. The summed E-state index contributed by atoms with van der Waals surface area (Å²) in [4.78, 5) is 16.8. The van der Waals surface area contributed by atoms with Gasteiger partial charge in [0.2, 0.25) is 5.91 Å². The van der Waals surface area contributed by atoms with Gasteiger partial charge >= 0.3 is 0 Å². The summed E-state index contributed by atoms with van der Waals surface area (Å²) in [7, 11) is 3.29. The number of aryl methyl sites for hydroxylation is 1. The van der Waals surface area contributed by atoms with Gasteiger partial charge in [-0.25, -0.2) is 0 Å². The van der Waals surface area contributed by atoms with E-state index in [2.05, 4.69) is 11.0 Å². The first-order valence-electron chi connectivity index (χ1n) is 9.01. The number of amides is 1. The molecule has 0 aliphatic carbocycles. The minimum atomic E-state index is 0.152. The summed E-state index contributed by atoms with van der Waals surface area (Å²) in [5, 5.41) is 0.698. The van der Waals surface area contributed by atoms with Crippen molar-refractivity contribution in [2.24, 2.45) is 0 Å². The van der Waals surface area contributed by atoms with Gasteiger partial charge in [0.15, 0.2) is 0 Å². The van der Waals surface area contributed by atoms with E-state index in [1.807, 2.05) is 42.2 Å². The van der Waals surface area contributed by atoms with Gasteiger partial charge in [-0.1, -0.05) is 23.7 Å². The average Bonchev–Trinajstić information content (AvgIpc) is 2.70. The van der Waals surface area contributed by atoms with Crippen molar-refractivity contribution < 1.29 is 14.3 Å². The molecule has 1 aliphatic rings. The molecule has 0 atom stereocenters. The summed E-state index contributed by atoms with van der Waals surface area (Å²) < 4.78 is 10.6. The van der Waals surface area contributed by atoms with Crippen LogP contribution in [0.2, 0.25) is 5.02 Å². The molecule has 3 rings (SSSR count). The first-order valence-corrected chi connectivity index (χ1v) is 9.39. The van der Waals surface area contributed by atoms with Crippen molar-refractivity contribution in [3.8, 4) is 11.5 Å².